The van der Waals surface area contributed by atoms with Gasteiger partial charge in [0.15, 0.2) is 12.4 Å². The van der Waals surface area contributed by atoms with Gasteiger partial charge in [-0.05, 0) is 66.7 Å². The summed E-state index contributed by atoms with van der Waals surface area (Å²) in [6, 6.07) is 21.4. The number of hydrogen-bond acceptors (Lipinski definition) is 6. The lowest BCUT2D eigenvalue weighted by Gasteiger charge is -2.09. The van der Waals surface area contributed by atoms with E-state index in [1.54, 1.807) is 61.7 Å². The molecule has 2 heterocycles. The predicted molar refractivity (Wildman–Crippen MR) is 115 cm³/mol. The molecule has 8 heteroatoms. The molecular weight excluding hydrogens is 396 g/mol. The monoisotopic (exact) mass is 416 g/mol. The molecule has 0 aliphatic rings. The zero-order valence-corrected chi connectivity index (χ0v) is 16.8. The molecule has 0 atom stereocenters. The molecule has 8 nitrogen and oxygen atoms in total. The van der Waals surface area contributed by atoms with Gasteiger partial charge in [0.25, 0.3) is 5.91 Å². The van der Waals surface area contributed by atoms with E-state index in [2.05, 4.69) is 15.5 Å². The molecule has 0 saturated heterocycles. The number of ether oxygens (including phenoxy) is 3. The van der Waals surface area contributed by atoms with Crippen molar-refractivity contribution in [2.45, 2.75) is 0 Å². The molecule has 2 aromatic carbocycles. The van der Waals surface area contributed by atoms with Gasteiger partial charge in [-0.15, -0.1) is 10.2 Å². The van der Waals surface area contributed by atoms with Crippen molar-refractivity contribution in [2.75, 3.05) is 19.0 Å². The van der Waals surface area contributed by atoms with Gasteiger partial charge < -0.3 is 24.1 Å². The fourth-order valence-corrected chi connectivity index (χ4v) is 2.74. The van der Waals surface area contributed by atoms with E-state index >= 15 is 0 Å². The first kappa shape index (κ1) is 20.0. The summed E-state index contributed by atoms with van der Waals surface area (Å²) in [6.07, 6.45) is 3.78. The number of aromatic nitrogens is 3. The second-order valence-corrected chi connectivity index (χ2v) is 6.46. The van der Waals surface area contributed by atoms with Crippen molar-refractivity contribution in [1.82, 2.24) is 14.8 Å². The lowest BCUT2D eigenvalue weighted by Crippen LogP contribution is -2.20. The third-order valence-electron chi connectivity index (χ3n) is 4.28. The highest BCUT2D eigenvalue weighted by molar-refractivity contribution is 5.91. The summed E-state index contributed by atoms with van der Waals surface area (Å²) < 4.78 is 18.1. The van der Waals surface area contributed by atoms with Crippen LogP contribution in [-0.2, 0) is 4.79 Å². The number of methoxy groups -OCH3 is 1. The van der Waals surface area contributed by atoms with Gasteiger partial charge in [0.1, 0.15) is 17.2 Å². The SMILES string of the molecule is COc1ccc(OCC(=O)Nc2ccc(Oc3ccc(-n4cccc4)nn3)cc2)cc1. The zero-order chi connectivity index (χ0) is 21.5. The summed E-state index contributed by atoms with van der Waals surface area (Å²) in [6.45, 7) is -0.103. The molecule has 0 unspecified atom stereocenters. The first-order valence-corrected chi connectivity index (χ1v) is 9.51. The molecule has 2 aromatic heterocycles. The van der Waals surface area contributed by atoms with Crippen LogP contribution in [0, 0.1) is 0 Å². The van der Waals surface area contributed by atoms with Crippen molar-refractivity contribution in [3.63, 3.8) is 0 Å². The number of hydrogen-bond donors (Lipinski definition) is 1. The van der Waals surface area contributed by atoms with Crippen molar-refractivity contribution in [2.24, 2.45) is 0 Å². The number of carbonyl (C=O) groups excluding carboxylic acids is 1. The van der Waals surface area contributed by atoms with E-state index in [1.807, 2.05) is 35.2 Å². The molecule has 4 aromatic rings. The number of rotatable bonds is 8. The lowest BCUT2D eigenvalue weighted by atomic mass is 10.3. The Hall–Kier alpha value is -4.33. The number of benzene rings is 2. The van der Waals surface area contributed by atoms with Crippen molar-refractivity contribution in [3.8, 4) is 28.9 Å². The Morgan fingerprint density at radius 1 is 0.871 bits per heavy atom. The standard InChI is InChI=1S/C23H20N4O4/c1-29-18-8-10-19(11-9-18)30-16-22(28)24-17-4-6-20(7-5-17)31-23-13-12-21(25-26-23)27-14-2-3-15-27/h2-15H,16H2,1H3,(H,24,28). The van der Waals surface area contributed by atoms with E-state index in [4.69, 9.17) is 14.2 Å². The summed E-state index contributed by atoms with van der Waals surface area (Å²) in [5.41, 5.74) is 0.629. The average molecular weight is 416 g/mol. The highest BCUT2D eigenvalue weighted by Gasteiger charge is 2.06. The molecule has 1 N–H and O–H groups in total. The van der Waals surface area contributed by atoms with E-state index in [0.29, 0.717) is 28.9 Å². The molecule has 0 spiro atoms. The maximum Gasteiger partial charge on any atom is 0.262 e. The van der Waals surface area contributed by atoms with Gasteiger partial charge in [-0.1, -0.05) is 0 Å². The van der Waals surface area contributed by atoms with Crippen LogP contribution >= 0.6 is 0 Å². The van der Waals surface area contributed by atoms with Crippen LogP contribution in [0.3, 0.4) is 0 Å². The maximum atomic E-state index is 12.1. The van der Waals surface area contributed by atoms with Crippen molar-refractivity contribution in [3.05, 3.63) is 85.2 Å². The van der Waals surface area contributed by atoms with Crippen LogP contribution in [0.4, 0.5) is 5.69 Å². The molecule has 0 radical (unpaired) electrons. The van der Waals surface area contributed by atoms with Gasteiger partial charge in [-0.25, -0.2) is 0 Å². The first-order valence-electron chi connectivity index (χ1n) is 9.51. The fourth-order valence-electron chi connectivity index (χ4n) is 2.74. The molecular formula is C23H20N4O4. The molecule has 156 valence electrons. The van der Waals surface area contributed by atoms with Gasteiger partial charge in [0.2, 0.25) is 5.88 Å². The van der Waals surface area contributed by atoms with Gasteiger partial charge in [0.05, 0.1) is 7.11 Å². The third kappa shape index (κ3) is 5.39. The number of carbonyl (C=O) groups is 1. The van der Waals surface area contributed by atoms with Crippen LogP contribution in [0.5, 0.6) is 23.1 Å². The van der Waals surface area contributed by atoms with Crippen LogP contribution < -0.4 is 19.5 Å². The summed E-state index contributed by atoms with van der Waals surface area (Å²) in [5.74, 6) is 2.70. The Bertz CT molecular complexity index is 1110. The van der Waals surface area contributed by atoms with Gasteiger partial charge in [0, 0.05) is 24.1 Å². The van der Waals surface area contributed by atoms with Crippen molar-refractivity contribution >= 4 is 11.6 Å². The molecule has 0 aliphatic carbocycles. The first-order chi connectivity index (χ1) is 15.2. The average Bonchev–Trinajstić information content (AvgIpc) is 3.35. The molecule has 1 amide bonds. The fraction of sp³-hybridized carbons (Fsp3) is 0.0870. The van der Waals surface area contributed by atoms with Crippen LogP contribution in [0.15, 0.2) is 85.2 Å². The van der Waals surface area contributed by atoms with E-state index < -0.39 is 0 Å². The second kappa shape index (κ2) is 9.45. The Morgan fingerprint density at radius 3 is 2.19 bits per heavy atom. The second-order valence-electron chi connectivity index (χ2n) is 6.46. The highest BCUT2D eigenvalue weighted by Crippen LogP contribution is 2.22. The number of anilines is 1. The third-order valence-corrected chi connectivity index (χ3v) is 4.28. The predicted octanol–water partition coefficient (Wildman–Crippen LogP) is 4.09. The quantitative estimate of drug-likeness (QED) is 0.466. The maximum absolute atomic E-state index is 12.1. The van der Waals surface area contributed by atoms with Gasteiger partial charge in [-0.3, -0.25) is 4.79 Å². The van der Waals surface area contributed by atoms with Crippen LogP contribution in [0.2, 0.25) is 0 Å². The highest BCUT2D eigenvalue weighted by atomic mass is 16.5. The Balaban J connectivity index is 1.28. The molecule has 4 rings (SSSR count). The summed E-state index contributed by atoms with van der Waals surface area (Å²) in [4.78, 5) is 12.1. The Kier molecular flexibility index (Phi) is 6.08. The largest absolute Gasteiger partial charge is 0.497 e. The minimum Gasteiger partial charge on any atom is -0.497 e. The number of amides is 1. The van der Waals surface area contributed by atoms with Crippen LogP contribution in [0.1, 0.15) is 0 Å². The van der Waals surface area contributed by atoms with E-state index in [0.717, 1.165) is 5.75 Å². The lowest BCUT2D eigenvalue weighted by molar-refractivity contribution is -0.118. The Labute approximate surface area is 179 Å². The van der Waals surface area contributed by atoms with Crippen LogP contribution in [0.25, 0.3) is 5.82 Å². The normalized spacial score (nSPS) is 10.4. The molecule has 31 heavy (non-hydrogen) atoms. The molecule has 0 aliphatic heterocycles. The van der Waals surface area contributed by atoms with Crippen molar-refractivity contribution < 1.29 is 19.0 Å². The number of nitrogens with one attached hydrogen (secondary N) is 1. The van der Waals surface area contributed by atoms with Crippen molar-refractivity contribution in [1.29, 1.82) is 0 Å². The van der Waals surface area contributed by atoms with E-state index in [1.165, 1.54) is 0 Å². The van der Waals surface area contributed by atoms with E-state index in [9.17, 15) is 4.79 Å². The van der Waals surface area contributed by atoms with Gasteiger partial charge in [-0.2, -0.15) is 0 Å². The smallest absolute Gasteiger partial charge is 0.262 e. The summed E-state index contributed by atoms with van der Waals surface area (Å²) in [5, 5.41) is 11.0. The Morgan fingerprint density at radius 2 is 1.55 bits per heavy atom. The minimum absolute atomic E-state index is 0.103. The van der Waals surface area contributed by atoms with Gasteiger partial charge >= 0.3 is 0 Å². The van der Waals surface area contributed by atoms with E-state index in [-0.39, 0.29) is 12.5 Å². The minimum atomic E-state index is -0.268. The molecule has 0 saturated carbocycles. The summed E-state index contributed by atoms with van der Waals surface area (Å²) >= 11 is 0. The molecule has 0 fully saturated rings. The summed E-state index contributed by atoms with van der Waals surface area (Å²) in [7, 11) is 1.59. The molecule has 0 bridgehead atoms. The topological polar surface area (TPSA) is 87.5 Å². The zero-order valence-electron chi connectivity index (χ0n) is 16.8. The number of nitrogens with zero attached hydrogens (tertiary/aromatic N) is 3. The van der Waals surface area contributed by atoms with Crippen LogP contribution in [-0.4, -0.2) is 34.4 Å².